The van der Waals surface area contributed by atoms with Crippen LogP contribution in [-0.2, 0) is 6.18 Å². The Morgan fingerprint density at radius 3 is 2.23 bits per heavy atom. The van der Waals surface area contributed by atoms with E-state index in [1.807, 2.05) is 0 Å². The monoisotopic (exact) mass is 363 g/mol. The Bertz CT molecular complexity index is 990. The van der Waals surface area contributed by atoms with E-state index in [0.29, 0.717) is 22.4 Å². The highest BCUT2D eigenvalue weighted by Gasteiger charge is 2.30. The molecule has 0 radical (unpaired) electrons. The van der Waals surface area contributed by atoms with Crippen LogP contribution in [0, 0.1) is 0 Å². The van der Waals surface area contributed by atoms with E-state index in [1.54, 1.807) is 17.7 Å². The number of alkyl halides is 3. The van der Waals surface area contributed by atoms with Crippen LogP contribution in [0.4, 0.5) is 24.7 Å². The third-order valence-corrected chi connectivity index (χ3v) is 4.05. The average Bonchev–Trinajstić information content (AvgIpc) is 2.86. The molecule has 3 aromatic rings. The molecule has 6 N–H and O–H groups in total. The average molecular weight is 363 g/mol. The summed E-state index contributed by atoms with van der Waals surface area (Å²) in [5.41, 5.74) is 12.3. The zero-order valence-electron chi connectivity index (χ0n) is 13.7. The molecule has 0 atom stereocenters. The molecule has 0 bridgehead atoms. The van der Waals surface area contributed by atoms with Crippen molar-refractivity contribution in [2.45, 2.75) is 6.18 Å². The normalized spacial score (nSPS) is 11.7. The van der Waals surface area contributed by atoms with Gasteiger partial charge in [-0.1, -0.05) is 0 Å². The molecule has 0 fully saturated rings. The molecule has 0 unspecified atom stereocenters. The number of benzene rings is 2. The minimum absolute atomic E-state index is 0.264. The molecule has 1 aromatic heterocycles. The zero-order chi connectivity index (χ0) is 19.2. The maximum Gasteiger partial charge on any atom is 0.416 e. The first-order valence-corrected chi connectivity index (χ1v) is 7.51. The third kappa shape index (κ3) is 2.82. The van der Waals surface area contributed by atoms with E-state index in [-0.39, 0.29) is 11.3 Å². The number of fused-ring (bicyclic) bond motifs is 1. The Morgan fingerprint density at radius 1 is 1.12 bits per heavy atom. The minimum Gasteiger partial charge on any atom is -0.395 e. The van der Waals surface area contributed by atoms with Gasteiger partial charge in [-0.05, 0) is 42.5 Å². The largest absolute Gasteiger partial charge is 0.416 e. The van der Waals surface area contributed by atoms with Gasteiger partial charge in [-0.3, -0.25) is 14.4 Å². The summed E-state index contributed by atoms with van der Waals surface area (Å²) in [5.74, 6) is 5.64. The number of hydrazine groups is 1. The van der Waals surface area contributed by atoms with E-state index in [9.17, 15) is 18.0 Å². The molecule has 0 aliphatic rings. The van der Waals surface area contributed by atoms with Crippen LogP contribution in [0.25, 0.3) is 16.6 Å². The van der Waals surface area contributed by atoms with E-state index >= 15 is 0 Å². The molecule has 0 saturated carbocycles. The molecule has 0 aliphatic carbocycles. The number of aromatic nitrogens is 1. The van der Waals surface area contributed by atoms with Crippen LogP contribution < -0.4 is 22.3 Å². The number of anilines is 2. The van der Waals surface area contributed by atoms with Gasteiger partial charge in [0, 0.05) is 23.7 Å². The number of carbonyl (C=O) groups is 1. The van der Waals surface area contributed by atoms with Crippen molar-refractivity contribution in [1.82, 2.24) is 4.57 Å². The summed E-state index contributed by atoms with van der Waals surface area (Å²) >= 11 is 0. The van der Waals surface area contributed by atoms with Crippen LogP contribution in [0.2, 0.25) is 0 Å². The number of hydrogen-bond acceptors (Lipinski definition) is 4. The summed E-state index contributed by atoms with van der Waals surface area (Å²) in [6.07, 6.45) is -4.43. The lowest BCUT2D eigenvalue weighted by molar-refractivity contribution is -0.137. The van der Waals surface area contributed by atoms with Crippen molar-refractivity contribution in [2.75, 3.05) is 17.8 Å². The Morgan fingerprint density at radius 2 is 1.73 bits per heavy atom. The highest BCUT2D eigenvalue weighted by Crippen LogP contribution is 2.38. The van der Waals surface area contributed by atoms with Crippen LogP contribution in [0.3, 0.4) is 0 Å². The van der Waals surface area contributed by atoms with Crippen molar-refractivity contribution in [1.29, 1.82) is 0 Å². The predicted molar refractivity (Wildman–Crippen MR) is 93.8 cm³/mol. The van der Waals surface area contributed by atoms with E-state index < -0.39 is 17.6 Å². The van der Waals surface area contributed by atoms with E-state index in [4.69, 9.17) is 17.3 Å². The number of halogens is 3. The van der Waals surface area contributed by atoms with Crippen LogP contribution in [0.15, 0.2) is 42.5 Å². The fraction of sp³-hybridized carbons (Fsp3) is 0.118. The molecule has 1 heterocycles. The molecular formula is C17H16F3N5O. The quantitative estimate of drug-likeness (QED) is 0.492. The maximum atomic E-state index is 12.8. The SMILES string of the molecule is CN(N)c1c(N)c2cc(C(N)=O)ccc2n1-c1ccc(C(F)(F)F)cc1. The van der Waals surface area contributed by atoms with Gasteiger partial charge in [0.2, 0.25) is 5.91 Å². The zero-order valence-corrected chi connectivity index (χ0v) is 13.7. The standard InChI is InChI=1S/C17H16F3N5O/c1-24(23)16-14(21)12-8-9(15(22)26)2-7-13(12)25(16)11-5-3-10(4-6-11)17(18,19)20/h2-8H,21,23H2,1H3,(H2,22,26). The van der Waals surface area contributed by atoms with Crippen LogP contribution in [-0.4, -0.2) is 17.5 Å². The molecule has 26 heavy (non-hydrogen) atoms. The summed E-state index contributed by atoms with van der Waals surface area (Å²) in [5, 5.41) is 1.78. The molecule has 136 valence electrons. The Balaban J connectivity index is 2.27. The highest BCUT2D eigenvalue weighted by molar-refractivity contribution is 6.05. The van der Waals surface area contributed by atoms with Crippen LogP contribution in [0.1, 0.15) is 15.9 Å². The van der Waals surface area contributed by atoms with Gasteiger partial charge < -0.3 is 11.5 Å². The van der Waals surface area contributed by atoms with Gasteiger partial charge in [-0.15, -0.1) is 0 Å². The van der Waals surface area contributed by atoms with Gasteiger partial charge in [0.1, 0.15) is 0 Å². The number of amides is 1. The van der Waals surface area contributed by atoms with Crippen molar-refractivity contribution in [3.8, 4) is 5.69 Å². The molecule has 0 spiro atoms. The predicted octanol–water partition coefficient (Wildman–Crippen LogP) is 2.64. The Hall–Kier alpha value is -3.20. The van der Waals surface area contributed by atoms with Gasteiger partial charge in [0.25, 0.3) is 0 Å². The lowest BCUT2D eigenvalue weighted by Crippen LogP contribution is -2.28. The lowest BCUT2D eigenvalue weighted by Gasteiger charge is -2.18. The van der Waals surface area contributed by atoms with Gasteiger partial charge in [0.15, 0.2) is 5.82 Å². The number of hydrogen-bond donors (Lipinski definition) is 3. The molecule has 2 aromatic carbocycles. The van der Waals surface area contributed by atoms with Crippen molar-refractivity contribution >= 4 is 28.3 Å². The lowest BCUT2D eigenvalue weighted by atomic mass is 10.1. The fourth-order valence-corrected chi connectivity index (χ4v) is 2.86. The molecular weight excluding hydrogens is 347 g/mol. The second kappa shape index (κ2) is 5.95. The fourth-order valence-electron chi connectivity index (χ4n) is 2.86. The molecule has 0 saturated heterocycles. The van der Waals surface area contributed by atoms with E-state index in [0.717, 1.165) is 12.1 Å². The molecule has 3 rings (SSSR count). The summed E-state index contributed by atoms with van der Waals surface area (Å²) in [4.78, 5) is 11.4. The summed E-state index contributed by atoms with van der Waals surface area (Å²) in [6, 6.07) is 9.29. The number of rotatable bonds is 3. The third-order valence-electron chi connectivity index (χ3n) is 4.05. The Labute approximate surface area is 146 Å². The minimum atomic E-state index is -4.43. The maximum absolute atomic E-state index is 12.8. The van der Waals surface area contributed by atoms with Crippen LogP contribution in [0.5, 0.6) is 0 Å². The van der Waals surface area contributed by atoms with E-state index in [1.165, 1.54) is 29.3 Å². The highest BCUT2D eigenvalue weighted by atomic mass is 19.4. The number of primary amides is 1. The first-order chi connectivity index (χ1) is 12.1. The summed E-state index contributed by atoms with van der Waals surface area (Å²) < 4.78 is 40.0. The van der Waals surface area contributed by atoms with Crippen molar-refractivity contribution in [3.05, 3.63) is 53.6 Å². The second-order valence-electron chi connectivity index (χ2n) is 5.82. The molecule has 9 heteroatoms. The van der Waals surface area contributed by atoms with Gasteiger partial charge in [-0.2, -0.15) is 13.2 Å². The van der Waals surface area contributed by atoms with Crippen LogP contribution >= 0.6 is 0 Å². The molecule has 0 aliphatic heterocycles. The van der Waals surface area contributed by atoms with Crippen molar-refractivity contribution in [3.63, 3.8) is 0 Å². The van der Waals surface area contributed by atoms with E-state index in [2.05, 4.69) is 0 Å². The molecule has 1 amide bonds. The van der Waals surface area contributed by atoms with Crippen molar-refractivity contribution < 1.29 is 18.0 Å². The summed E-state index contributed by atoms with van der Waals surface area (Å²) in [6.45, 7) is 0. The number of nitrogen functional groups attached to an aromatic ring is 1. The first-order valence-electron chi connectivity index (χ1n) is 7.51. The second-order valence-corrected chi connectivity index (χ2v) is 5.82. The number of carbonyl (C=O) groups excluding carboxylic acids is 1. The number of nitrogens with zero attached hydrogens (tertiary/aromatic N) is 2. The number of nitrogens with two attached hydrogens (primary N) is 3. The smallest absolute Gasteiger partial charge is 0.395 e. The molecule has 6 nitrogen and oxygen atoms in total. The van der Waals surface area contributed by atoms with Gasteiger partial charge >= 0.3 is 6.18 Å². The topological polar surface area (TPSA) is 103 Å². The van der Waals surface area contributed by atoms with Crippen molar-refractivity contribution in [2.24, 2.45) is 11.6 Å². The first kappa shape index (κ1) is 17.6. The van der Waals surface area contributed by atoms with Gasteiger partial charge in [0.05, 0.1) is 16.8 Å². The van der Waals surface area contributed by atoms with Gasteiger partial charge in [-0.25, -0.2) is 5.84 Å². The summed E-state index contributed by atoms with van der Waals surface area (Å²) in [7, 11) is 1.56. The Kier molecular flexibility index (Phi) is 4.03.